The van der Waals surface area contributed by atoms with Crippen molar-refractivity contribution < 1.29 is 8.42 Å². The Bertz CT molecular complexity index is 1610. The van der Waals surface area contributed by atoms with Crippen LogP contribution < -0.4 is 4.72 Å². The monoisotopic (exact) mass is 489 g/mol. The molecule has 1 N–H and O–H groups in total. The van der Waals surface area contributed by atoms with Crippen molar-refractivity contribution in [3.05, 3.63) is 156 Å². The van der Waals surface area contributed by atoms with E-state index < -0.39 is 10.0 Å². The van der Waals surface area contributed by atoms with Crippen molar-refractivity contribution in [1.82, 2.24) is 4.72 Å². The number of hydrogen-bond donors (Lipinski definition) is 1. The molecule has 0 aliphatic heterocycles. The summed E-state index contributed by atoms with van der Waals surface area (Å²) < 4.78 is 29.7. The topological polar surface area (TPSA) is 46.2 Å². The molecule has 1 atom stereocenters. The minimum Gasteiger partial charge on any atom is -0.279 e. The Morgan fingerprint density at radius 2 is 1.28 bits per heavy atom. The van der Waals surface area contributed by atoms with Crippen molar-refractivity contribution in [2.45, 2.75) is 17.7 Å². The van der Waals surface area contributed by atoms with Crippen molar-refractivity contribution in [2.24, 2.45) is 0 Å². The van der Waals surface area contributed by atoms with E-state index in [0.717, 1.165) is 27.6 Å². The number of fused-ring (bicyclic) bond motifs is 1. The highest BCUT2D eigenvalue weighted by molar-refractivity contribution is 7.89. The van der Waals surface area contributed by atoms with E-state index in [2.05, 4.69) is 47.2 Å². The molecule has 5 rings (SSSR count). The average molecular weight is 490 g/mol. The van der Waals surface area contributed by atoms with Crippen molar-refractivity contribution in [3.8, 4) is 0 Å². The number of allylic oxidation sites excluding steroid dienone is 1. The first-order chi connectivity index (χ1) is 17.5. The van der Waals surface area contributed by atoms with Gasteiger partial charge in [-0.1, -0.05) is 121 Å². The van der Waals surface area contributed by atoms with Gasteiger partial charge < -0.3 is 0 Å². The molecular formula is C32H27NO2S. The Morgan fingerprint density at radius 3 is 1.97 bits per heavy atom. The molecule has 4 heteroatoms. The molecule has 0 saturated heterocycles. The molecule has 0 amide bonds. The van der Waals surface area contributed by atoms with E-state index in [1.165, 1.54) is 5.39 Å². The number of rotatable bonds is 7. The van der Waals surface area contributed by atoms with Gasteiger partial charge in [-0.3, -0.25) is 4.72 Å². The highest BCUT2D eigenvalue weighted by Gasteiger charge is 2.20. The predicted molar refractivity (Wildman–Crippen MR) is 148 cm³/mol. The van der Waals surface area contributed by atoms with Crippen LogP contribution in [0.15, 0.2) is 138 Å². The molecule has 5 aromatic rings. The zero-order chi connectivity index (χ0) is 25.0. The van der Waals surface area contributed by atoms with Crippen molar-refractivity contribution in [2.75, 3.05) is 0 Å². The molecule has 0 aliphatic carbocycles. The van der Waals surface area contributed by atoms with Gasteiger partial charge >= 0.3 is 0 Å². The fraction of sp³-hybridized carbons (Fsp3) is 0.0625. The Morgan fingerprint density at radius 1 is 0.667 bits per heavy atom. The molecule has 5 aromatic carbocycles. The van der Waals surface area contributed by atoms with Gasteiger partial charge in [0.2, 0.25) is 0 Å². The summed E-state index contributed by atoms with van der Waals surface area (Å²) in [5.74, 6) is -0.160. The molecule has 0 heterocycles. The summed E-state index contributed by atoms with van der Waals surface area (Å²) >= 11 is 0. The summed E-state index contributed by atoms with van der Waals surface area (Å²) in [6.45, 7) is 1.94. The molecule has 0 radical (unpaired) electrons. The quantitative estimate of drug-likeness (QED) is 0.261. The fourth-order valence-electron chi connectivity index (χ4n) is 4.34. The first kappa shape index (κ1) is 23.6. The largest absolute Gasteiger partial charge is 0.279 e. The molecule has 36 heavy (non-hydrogen) atoms. The maximum absolute atomic E-state index is 13.4. The third kappa shape index (κ3) is 5.24. The van der Waals surface area contributed by atoms with Crippen LogP contribution in [0.5, 0.6) is 0 Å². The number of benzene rings is 5. The smallest absolute Gasteiger partial charge is 0.261 e. The third-order valence-electron chi connectivity index (χ3n) is 6.29. The van der Waals surface area contributed by atoms with Gasteiger partial charge in [0.25, 0.3) is 10.0 Å². The first-order valence-electron chi connectivity index (χ1n) is 11.9. The van der Waals surface area contributed by atoms with Gasteiger partial charge in [0.15, 0.2) is 0 Å². The third-order valence-corrected chi connectivity index (χ3v) is 7.67. The lowest BCUT2D eigenvalue weighted by Crippen LogP contribution is -2.23. The second-order valence-electron chi connectivity index (χ2n) is 8.86. The molecule has 0 saturated carbocycles. The van der Waals surface area contributed by atoms with E-state index in [1.807, 2.05) is 85.8 Å². The van der Waals surface area contributed by atoms with Crippen molar-refractivity contribution in [1.29, 1.82) is 0 Å². The average Bonchev–Trinajstić information content (AvgIpc) is 2.92. The Labute approximate surface area is 212 Å². The van der Waals surface area contributed by atoms with Crippen LogP contribution in [0.4, 0.5) is 0 Å². The summed E-state index contributed by atoms with van der Waals surface area (Å²) in [5.41, 5.74) is 4.51. The van der Waals surface area contributed by atoms with Crippen molar-refractivity contribution >= 4 is 26.5 Å². The molecule has 0 bridgehead atoms. The van der Waals surface area contributed by atoms with E-state index in [-0.39, 0.29) is 10.8 Å². The maximum atomic E-state index is 13.4. The predicted octanol–water partition coefficient (Wildman–Crippen LogP) is 7.30. The fourth-order valence-corrected chi connectivity index (χ4v) is 5.43. The van der Waals surface area contributed by atoms with Gasteiger partial charge in [-0.2, -0.15) is 0 Å². The second-order valence-corrected chi connectivity index (χ2v) is 10.5. The van der Waals surface area contributed by atoms with Gasteiger partial charge in [0.1, 0.15) is 0 Å². The van der Waals surface area contributed by atoms with Gasteiger partial charge in [-0.15, -0.1) is 0 Å². The van der Waals surface area contributed by atoms with Crippen molar-refractivity contribution in [3.63, 3.8) is 0 Å². The molecule has 0 aromatic heterocycles. The van der Waals surface area contributed by atoms with Gasteiger partial charge in [0, 0.05) is 5.92 Å². The number of aryl methyl sites for hydroxylation is 1. The zero-order valence-corrected chi connectivity index (χ0v) is 20.8. The molecule has 3 nitrogen and oxygen atoms in total. The molecule has 0 fully saturated rings. The van der Waals surface area contributed by atoms with Crippen LogP contribution in [0, 0.1) is 6.92 Å². The van der Waals surface area contributed by atoms with Crippen LogP contribution >= 0.6 is 0 Å². The van der Waals surface area contributed by atoms with Crippen LogP contribution in [0.3, 0.4) is 0 Å². The molecule has 0 aliphatic rings. The lowest BCUT2D eigenvalue weighted by molar-refractivity contribution is 0.591. The number of hydrogen-bond acceptors (Lipinski definition) is 2. The lowest BCUT2D eigenvalue weighted by atomic mass is 9.88. The van der Waals surface area contributed by atoms with Gasteiger partial charge in [-0.25, -0.2) is 8.42 Å². The van der Waals surface area contributed by atoms with Gasteiger partial charge in [-0.05, 0) is 52.6 Å². The molecular weight excluding hydrogens is 462 g/mol. The Kier molecular flexibility index (Phi) is 6.70. The molecule has 1 unspecified atom stereocenters. The van der Waals surface area contributed by atoms with Gasteiger partial charge in [0.05, 0.1) is 10.6 Å². The van der Waals surface area contributed by atoms with E-state index in [0.29, 0.717) is 5.70 Å². The van der Waals surface area contributed by atoms with E-state index >= 15 is 0 Å². The summed E-state index contributed by atoms with van der Waals surface area (Å²) in [6, 6.07) is 41.3. The summed E-state index contributed by atoms with van der Waals surface area (Å²) in [6.07, 6.45) is 2.01. The Balaban J connectivity index is 1.65. The number of sulfonamides is 1. The standard InChI is InChI=1S/C32H27NO2S/c1-24-16-20-30(21-17-24)36(34,35)33-32(27-13-6-3-7-14-27)23-31(26-11-4-2-5-12-26)29-19-18-25-10-8-9-15-28(25)22-29/h2-23,31,33H,1H3/b32-23-. The van der Waals surface area contributed by atoms with E-state index in [1.54, 1.807) is 12.1 Å². The zero-order valence-electron chi connectivity index (χ0n) is 20.0. The van der Waals surface area contributed by atoms with Crippen LogP contribution in [-0.4, -0.2) is 8.42 Å². The number of nitrogens with one attached hydrogen (secondary N) is 1. The van der Waals surface area contributed by atoms with Crippen LogP contribution in [0.25, 0.3) is 16.5 Å². The lowest BCUT2D eigenvalue weighted by Gasteiger charge is -2.19. The van der Waals surface area contributed by atoms with E-state index in [9.17, 15) is 8.42 Å². The highest BCUT2D eigenvalue weighted by atomic mass is 32.2. The summed E-state index contributed by atoms with van der Waals surface area (Å²) in [4.78, 5) is 0.233. The van der Waals surface area contributed by atoms with Crippen LogP contribution in [0.2, 0.25) is 0 Å². The maximum Gasteiger partial charge on any atom is 0.261 e. The summed E-state index contributed by atoms with van der Waals surface area (Å²) in [5, 5.41) is 2.31. The minimum atomic E-state index is -3.79. The SMILES string of the molecule is Cc1ccc(S(=O)(=O)N/C(=C\C(c2ccccc2)c2ccc3ccccc3c2)c2ccccc2)cc1. The summed E-state index contributed by atoms with van der Waals surface area (Å²) in [7, 11) is -3.79. The van der Waals surface area contributed by atoms with Crippen LogP contribution in [0.1, 0.15) is 28.2 Å². The van der Waals surface area contributed by atoms with E-state index in [4.69, 9.17) is 0 Å². The Hall–Kier alpha value is -4.15. The second kappa shape index (κ2) is 10.2. The normalized spacial score (nSPS) is 12.9. The van der Waals surface area contributed by atoms with Crippen LogP contribution in [-0.2, 0) is 10.0 Å². The molecule has 0 spiro atoms. The minimum absolute atomic E-state index is 0.160. The molecule has 178 valence electrons. The highest BCUT2D eigenvalue weighted by Crippen LogP contribution is 2.31. The first-order valence-corrected chi connectivity index (χ1v) is 13.4.